The van der Waals surface area contributed by atoms with Gasteiger partial charge in [-0.15, -0.1) is 0 Å². The summed E-state index contributed by atoms with van der Waals surface area (Å²) >= 11 is 0. The van der Waals surface area contributed by atoms with Gasteiger partial charge in [0, 0.05) is 13.1 Å². The number of amides is 1. The Labute approximate surface area is 127 Å². The maximum atomic E-state index is 12.3. The minimum Gasteiger partial charge on any atom is -0.352 e. The van der Waals surface area contributed by atoms with Crippen LogP contribution in [0.3, 0.4) is 0 Å². The standard InChI is InChI=1S/C15H24N2O3S/c1-11(2)13(4)16-15(18)10-17(5)21(19,20)14-8-6-12(3)7-9-14/h6-9,11,13H,10H2,1-5H3,(H,16,18). The summed E-state index contributed by atoms with van der Waals surface area (Å²) in [7, 11) is -2.22. The van der Waals surface area contributed by atoms with Crippen LogP contribution in [0.1, 0.15) is 26.3 Å². The molecule has 1 N–H and O–H groups in total. The van der Waals surface area contributed by atoms with Gasteiger partial charge >= 0.3 is 0 Å². The summed E-state index contributed by atoms with van der Waals surface area (Å²) in [6.07, 6.45) is 0. The third-order valence-corrected chi connectivity index (χ3v) is 5.30. The lowest BCUT2D eigenvalue weighted by molar-refractivity contribution is -0.122. The third kappa shape index (κ3) is 4.82. The molecule has 1 unspecified atom stereocenters. The molecule has 0 heterocycles. The quantitative estimate of drug-likeness (QED) is 0.870. The number of rotatable bonds is 6. The molecular weight excluding hydrogens is 288 g/mol. The van der Waals surface area contributed by atoms with Gasteiger partial charge in [0.15, 0.2) is 0 Å². The summed E-state index contributed by atoms with van der Waals surface area (Å²) in [5, 5.41) is 2.80. The van der Waals surface area contributed by atoms with Crippen LogP contribution in [0.5, 0.6) is 0 Å². The van der Waals surface area contributed by atoms with E-state index in [4.69, 9.17) is 0 Å². The van der Waals surface area contributed by atoms with E-state index in [-0.39, 0.29) is 23.4 Å². The molecule has 0 spiro atoms. The molecule has 6 heteroatoms. The summed E-state index contributed by atoms with van der Waals surface area (Å²) in [6.45, 7) is 7.60. The van der Waals surface area contributed by atoms with Crippen molar-refractivity contribution in [1.82, 2.24) is 9.62 Å². The highest BCUT2D eigenvalue weighted by Gasteiger charge is 2.23. The fourth-order valence-corrected chi connectivity index (χ4v) is 2.77. The van der Waals surface area contributed by atoms with Crippen LogP contribution in [-0.4, -0.2) is 38.3 Å². The number of carbonyl (C=O) groups is 1. The van der Waals surface area contributed by atoms with Crippen molar-refractivity contribution in [2.24, 2.45) is 5.92 Å². The van der Waals surface area contributed by atoms with Crippen molar-refractivity contribution < 1.29 is 13.2 Å². The van der Waals surface area contributed by atoms with Crippen LogP contribution in [0.15, 0.2) is 29.2 Å². The molecule has 0 aliphatic carbocycles. The number of aryl methyl sites for hydroxylation is 1. The zero-order chi connectivity index (χ0) is 16.2. The maximum Gasteiger partial charge on any atom is 0.243 e. The number of hydrogen-bond acceptors (Lipinski definition) is 3. The van der Waals surface area contributed by atoms with Gasteiger partial charge < -0.3 is 5.32 Å². The predicted molar refractivity (Wildman–Crippen MR) is 83.4 cm³/mol. The van der Waals surface area contributed by atoms with Gasteiger partial charge in [-0.25, -0.2) is 8.42 Å². The Balaban J connectivity index is 2.76. The van der Waals surface area contributed by atoms with Crippen molar-refractivity contribution in [1.29, 1.82) is 0 Å². The predicted octanol–water partition coefficient (Wildman–Crippen LogP) is 1.78. The van der Waals surface area contributed by atoms with Crippen molar-refractivity contribution >= 4 is 15.9 Å². The fourth-order valence-electron chi connectivity index (χ4n) is 1.64. The summed E-state index contributed by atoms with van der Waals surface area (Å²) in [6, 6.07) is 6.59. The van der Waals surface area contributed by atoms with E-state index in [0.717, 1.165) is 9.87 Å². The molecule has 1 amide bonds. The SMILES string of the molecule is Cc1ccc(S(=O)(=O)N(C)CC(=O)NC(C)C(C)C)cc1. The summed E-state index contributed by atoms with van der Waals surface area (Å²) < 4.78 is 25.8. The molecule has 0 aliphatic rings. The number of sulfonamides is 1. The number of nitrogens with one attached hydrogen (secondary N) is 1. The molecule has 0 aromatic heterocycles. The maximum absolute atomic E-state index is 12.3. The zero-order valence-electron chi connectivity index (χ0n) is 13.3. The lowest BCUT2D eigenvalue weighted by Gasteiger charge is -2.21. The average molecular weight is 312 g/mol. The molecule has 1 atom stereocenters. The Hall–Kier alpha value is -1.40. The van der Waals surface area contributed by atoms with E-state index in [2.05, 4.69) is 5.32 Å². The Morgan fingerprint density at radius 1 is 1.19 bits per heavy atom. The Kier molecular flexibility index (Phi) is 5.92. The minimum atomic E-state index is -3.63. The third-order valence-electron chi connectivity index (χ3n) is 3.48. The van der Waals surface area contributed by atoms with Crippen LogP contribution in [0, 0.1) is 12.8 Å². The average Bonchev–Trinajstić information content (AvgIpc) is 2.38. The summed E-state index contributed by atoms with van der Waals surface area (Å²) in [5.41, 5.74) is 0.986. The van der Waals surface area contributed by atoms with Crippen molar-refractivity contribution in [3.05, 3.63) is 29.8 Å². The lowest BCUT2D eigenvalue weighted by atomic mass is 10.1. The molecule has 0 fully saturated rings. The van der Waals surface area contributed by atoms with Crippen molar-refractivity contribution in [2.45, 2.75) is 38.6 Å². The van der Waals surface area contributed by atoms with E-state index in [1.165, 1.54) is 7.05 Å². The van der Waals surface area contributed by atoms with Gasteiger partial charge in [-0.2, -0.15) is 4.31 Å². The highest BCUT2D eigenvalue weighted by molar-refractivity contribution is 7.89. The molecule has 0 saturated heterocycles. The second-order valence-electron chi connectivity index (χ2n) is 5.67. The first-order valence-electron chi connectivity index (χ1n) is 6.97. The van der Waals surface area contributed by atoms with Gasteiger partial charge in [0.25, 0.3) is 0 Å². The molecule has 1 rings (SSSR count). The number of benzene rings is 1. The van der Waals surface area contributed by atoms with Gasteiger partial charge in [-0.05, 0) is 31.9 Å². The monoisotopic (exact) mass is 312 g/mol. The molecule has 118 valence electrons. The molecule has 0 bridgehead atoms. The molecule has 0 aliphatic heterocycles. The van der Waals surface area contributed by atoms with Gasteiger partial charge in [-0.3, -0.25) is 4.79 Å². The number of likely N-dealkylation sites (N-methyl/N-ethyl adjacent to an activating group) is 1. The van der Waals surface area contributed by atoms with Gasteiger partial charge in [0.05, 0.1) is 11.4 Å². The Morgan fingerprint density at radius 3 is 2.19 bits per heavy atom. The van der Waals surface area contributed by atoms with Crippen molar-refractivity contribution in [2.75, 3.05) is 13.6 Å². The first kappa shape index (κ1) is 17.7. The molecule has 1 aromatic carbocycles. The molecule has 5 nitrogen and oxygen atoms in total. The Bertz CT molecular complexity index is 579. The normalized spacial score (nSPS) is 13.5. The van der Waals surface area contributed by atoms with Crippen LogP contribution in [0.4, 0.5) is 0 Å². The number of nitrogens with zero attached hydrogens (tertiary/aromatic N) is 1. The van der Waals surface area contributed by atoms with Gasteiger partial charge in [0.2, 0.25) is 15.9 Å². The van der Waals surface area contributed by atoms with Crippen LogP contribution in [-0.2, 0) is 14.8 Å². The smallest absolute Gasteiger partial charge is 0.243 e. The van der Waals surface area contributed by atoms with Gasteiger partial charge in [0.1, 0.15) is 0 Å². The zero-order valence-corrected chi connectivity index (χ0v) is 14.1. The van der Waals surface area contributed by atoms with Crippen molar-refractivity contribution in [3.63, 3.8) is 0 Å². The highest BCUT2D eigenvalue weighted by atomic mass is 32.2. The number of carbonyl (C=O) groups excluding carboxylic acids is 1. The largest absolute Gasteiger partial charge is 0.352 e. The summed E-state index contributed by atoms with van der Waals surface area (Å²) in [5.74, 6) is 0.00217. The van der Waals surface area contributed by atoms with E-state index in [1.807, 2.05) is 27.7 Å². The second kappa shape index (κ2) is 7.04. The van der Waals surface area contributed by atoms with Gasteiger partial charge in [-0.1, -0.05) is 31.5 Å². The summed E-state index contributed by atoms with van der Waals surface area (Å²) in [4.78, 5) is 12.1. The molecule has 0 radical (unpaired) electrons. The molecule has 21 heavy (non-hydrogen) atoms. The highest BCUT2D eigenvalue weighted by Crippen LogP contribution is 2.14. The van der Waals surface area contributed by atoms with E-state index >= 15 is 0 Å². The first-order chi connectivity index (χ1) is 9.64. The first-order valence-corrected chi connectivity index (χ1v) is 8.41. The Morgan fingerprint density at radius 2 is 1.71 bits per heavy atom. The minimum absolute atomic E-state index is 0.00739. The lowest BCUT2D eigenvalue weighted by Crippen LogP contribution is -2.43. The van der Waals surface area contributed by atoms with Crippen LogP contribution in [0.2, 0.25) is 0 Å². The number of hydrogen-bond donors (Lipinski definition) is 1. The van der Waals surface area contributed by atoms with Crippen LogP contribution in [0.25, 0.3) is 0 Å². The van der Waals surface area contributed by atoms with Crippen LogP contribution >= 0.6 is 0 Å². The second-order valence-corrected chi connectivity index (χ2v) is 7.72. The van der Waals surface area contributed by atoms with Crippen molar-refractivity contribution in [3.8, 4) is 0 Å². The van der Waals surface area contributed by atoms with E-state index in [0.29, 0.717) is 5.92 Å². The van der Waals surface area contributed by atoms with E-state index in [9.17, 15) is 13.2 Å². The molecule has 0 saturated carbocycles. The molecular formula is C15H24N2O3S. The molecule has 1 aromatic rings. The van der Waals surface area contributed by atoms with E-state index in [1.54, 1.807) is 24.3 Å². The topological polar surface area (TPSA) is 66.5 Å². The van der Waals surface area contributed by atoms with E-state index < -0.39 is 10.0 Å². The fraction of sp³-hybridized carbons (Fsp3) is 0.533. The van der Waals surface area contributed by atoms with Crippen LogP contribution < -0.4 is 5.32 Å².